The number of nitrogens with one attached hydrogen (secondary N) is 1. The van der Waals surface area contributed by atoms with E-state index in [2.05, 4.69) is 10.3 Å². The molecule has 0 aliphatic carbocycles. The fourth-order valence-electron chi connectivity index (χ4n) is 1.97. The van der Waals surface area contributed by atoms with E-state index in [1.165, 1.54) is 23.7 Å². The van der Waals surface area contributed by atoms with Gasteiger partial charge in [-0.1, -0.05) is 12.1 Å². The topological polar surface area (TPSA) is 81.4 Å². The first-order valence-corrected chi connectivity index (χ1v) is 7.80. The zero-order valence-corrected chi connectivity index (χ0v) is 13.1. The van der Waals surface area contributed by atoms with E-state index in [0.29, 0.717) is 5.01 Å². The molecule has 0 bridgehead atoms. The highest BCUT2D eigenvalue weighted by molar-refractivity contribution is 7.18. The first kappa shape index (κ1) is 15.2. The van der Waals surface area contributed by atoms with E-state index in [-0.39, 0.29) is 12.4 Å². The van der Waals surface area contributed by atoms with Crippen molar-refractivity contribution in [2.75, 3.05) is 0 Å². The van der Waals surface area contributed by atoms with Gasteiger partial charge in [-0.3, -0.25) is 4.79 Å². The van der Waals surface area contributed by atoms with Crippen LogP contribution in [-0.4, -0.2) is 22.9 Å². The van der Waals surface area contributed by atoms with Gasteiger partial charge in [-0.05, 0) is 31.2 Å². The zero-order valence-electron chi connectivity index (χ0n) is 12.3. The Labute approximate surface area is 136 Å². The zero-order chi connectivity index (χ0) is 16.2. The minimum absolute atomic E-state index is 0.0825. The lowest BCUT2D eigenvalue weighted by Gasteiger charge is -2.11. The monoisotopic (exact) mass is 330 g/mol. The average Bonchev–Trinajstić information content (AvgIpc) is 3.21. The quantitative estimate of drug-likeness (QED) is 0.728. The molecular weight excluding hydrogens is 316 g/mol. The number of carbonyl (C=O) groups is 2. The Balaban J connectivity index is 1.55. The highest BCUT2D eigenvalue weighted by Crippen LogP contribution is 2.22. The van der Waals surface area contributed by atoms with Gasteiger partial charge in [0, 0.05) is 0 Å². The molecule has 3 aromatic rings. The number of fused-ring (bicyclic) bond motifs is 1. The number of esters is 1. The second kappa shape index (κ2) is 6.62. The number of thiazole rings is 1. The number of carbonyl (C=O) groups excluding carboxylic acids is 2. The highest BCUT2D eigenvalue weighted by Gasteiger charge is 2.19. The summed E-state index contributed by atoms with van der Waals surface area (Å²) in [7, 11) is 0. The Kier molecular flexibility index (Phi) is 4.38. The first-order chi connectivity index (χ1) is 11.1. The van der Waals surface area contributed by atoms with Crippen molar-refractivity contribution in [3.8, 4) is 0 Å². The number of amides is 1. The minimum atomic E-state index is -0.776. The molecule has 7 heteroatoms. The molecule has 1 amide bonds. The summed E-state index contributed by atoms with van der Waals surface area (Å²) in [5.74, 6) is -0.834. The van der Waals surface area contributed by atoms with Crippen LogP contribution in [0.25, 0.3) is 10.2 Å². The number of aromatic nitrogens is 1. The summed E-state index contributed by atoms with van der Waals surface area (Å²) in [5, 5.41) is 3.23. The number of rotatable bonds is 5. The third-order valence-corrected chi connectivity index (χ3v) is 4.13. The molecule has 0 unspecified atom stereocenters. The molecule has 1 aromatic carbocycles. The summed E-state index contributed by atoms with van der Waals surface area (Å²) in [6.07, 6.45) is 1.39. The van der Waals surface area contributed by atoms with Crippen molar-refractivity contribution in [3.05, 3.63) is 53.4 Å². The van der Waals surface area contributed by atoms with E-state index in [9.17, 15) is 9.59 Å². The maximum absolute atomic E-state index is 11.9. The Hall–Kier alpha value is -2.67. The van der Waals surface area contributed by atoms with E-state index < -0.39 is 17.9 Å². The summed E-state index contributed by atoms with van der Waals surface area (Å²) in [4.78, 5) is 28.1. The molecule has 0 aliphatic rings. The molecular formula is C16H14N2O4S. The van der Waals surface area contributed by atoms with Gasteiger partial charge in [0.25, 0.3) is 5.91 Å². The molecule has 1 N–H and O–H groups in total. The summed E-state index contributed by atoms with van der Waals surface area (Å²) in [6, 6.07) is 10.1. The fraction of sp³-hybridized carbons (Fsp3) is 0.188. The third-order valence-electron chi connectivity index (χ3n) is 3.12. The second-order valence-corrected chi connectivity index (χ2v) is 5.97. The van der Waals surface area contributed by atoms with Crippen molar-refractivity contribution in [1.29, 1.82) is 0 Å². The van der Waals surface area contributed by atoms with Gasteiger partial charge in [0.2, 0.25) is 0 Å². The summed E-state index contributed by atoms with van der Waals surface area (Å²) >= 11 is 1.47. The van der Waals surface area contributed by atoms with E-state index >= 15 is 0 Å². The first-order valence-electron chi connectivity index (χ1n) is 6.99. The number of para-hydroxylation sites is 1. The Morgan fingerprint density at radius 1 is 1.30 bits per heavy atom. The molecule has 118 valence electrons. The standard InChI is InChI=1S/C16H14N2O4S/c1-10(17-15(19)12-6-4-8-21-12)16(20)22-9-14-18-11-5-2-3-7-13(11)23-14/h2-8,10H,9H2,1H3,(H,17,19)/t10-/m1/s1. The molecule has 6 nitrogen and oxygen atoms in total. The predicted octanol–water partition coefficient (Wildman–Crippen LogP) is 2.75. The largest absolute Gasteiger partial charge is 0.459 e. The average molecular weight is 330 g/mol. The van der Waals surface area contributed by atoms with Gasteiger partial charge in [-0.25, -0.2) is 9.78 Å². The fourth-order valence-corrected chi connectivity index (χ4v) is 2.85. The smallest absolute Gasteiger partial charge is 0.328 e. The molecule has 0 saturated heterocycles. The number of hydrogen-bond donors (Lipinski definition) is 1. The van der Waals surface area contributed by atoms with Crippen LogP contribution in [0, 0.1) is 0 Å². The number of benzene rings is 1. The lowest BCUT2D eigenvalue weighted by Crippen LogP contribution is -2.39. The Bertz CT molecular complexity index is 793. The van der Waals surface area contributed by atoms with Gasteiger partial charge in [0.15, 0.2) is 5.76 Å². The van der Waals surface area contributed by atoms with E-state index in [4.69, 9.17) is 9.15 Å². The van der Waals surface area contributed by atoms with Crippen LogP contribution in [-0.2, 0) is 16.1 Å². The number of furan rings is 1. The van der Waals surface area contributed by atoms with Crippen LogP contribution >= 0.6 is 11.3 Å². The van der Waals surface area contributed by atoms with Crippen LogP contribution in [0.3, 0.4) is 0 Å². The molecule has 2 aromatic heterocycles. The van der Waals surface area contributed by atoms with E-state index in [0.717, 1.165) is 10.2 Å². The summed E-state index contributed by atoms with van der Waals surface area (Å²) in [6.45, 7) is 1.64. The van der Waals surface area contributed by atoms with Crippen LogP contribution in [0.2, 0.25) is 0 Å². The summed E-state index contributed by atoms with van der Waals surface area (Å²) < 4.78 is 11.2. The van der Waals surface area contributed by atoms with Crippen molar-refractivity contribution in [3.63, 3.8) is 0 Å². The van der Waals surface area contributed by atoms with Crippen molar-refractivity contribution >= 4 is 33.4 Å². The Morgan fingerprint density at radius 3 is 2.87 bits per heavy atom. The van der Waals surface area contributed by atoms with Crippen molar-refractivity contribution in [2.24, 2.45) is 0 Å². The normalized spacial score (nSPS) is 12.0. The molecule has 0 fully saturated rings. The van der Waals surface area contributed by atoms with Crippen LogP contribution in [0.5, 0.6) is 0 Å². The number of hydrogen-bond acceptors (Lipinski definition) is 6. The lowest BCUT2D eigenvalue weighted by atomic mass is 10.3. The SMILES string of the molecule is C[C@@H](NC(=O)c1ccco1)C(=O)OCc1nc2ccccc2s1. The van der Waals surface area contributed by atoms with Gasteiger partial charge >= 0.3 is 5.97 Å². The molecule has 3 rings (SSSR count). The lowest BCUT2D eigenvalue weighted by molar-refractivity contribution is -0.146. The maximum atomic E-state index is 11.9. The molecule has 1 atom stereocenters. The number of ether oxygens (including phenoxy) is 1. The predicted molar refractivity (Wildman–Crippen MR) is 85.1 cm³/mol. The van der Waals surface area contributed by atoms with Gasteiger partial charge in [-0.2, -0.15) is 0 Å². The third kappa shape index (κ3) is 3.57. The van der Waals surface area contributed by atoms with Crippen LogP contribution in [0.1, 0.15) is 22.5 Å². The van der Waals surface area contributed by atoms with Crippen molar-refractivity contribution in [2.45, 2.75) is 19.6 Å². The molecule has 2 heterocycles. The van der Waals surface area contributed by atoms with E-state index in [1.54, 1.807) is 13.0 Å². The summed E-state index contributed by atoms with van der Waals surface area (Å²) in [5.41, 5.74) is 0.878. The van der Waals surface area contributed by atoms with Crippen LogP contribution < -0.4 is 5.32 Å². The van der Waals surface area contributed by atoms with Gasteiger partial charge in [0.05, 0.1) is 16.5 Å². The van der Waals surface area contributed by atoms with Crippen LogP contribution in [0.15, 0.2) is 47.1 Å². The molecule has 0 aliphatic heterocycles. The van der Waals surface area contributed by atoms with Gasteiger partial charge < -0.3 is 14.5 Å². The molecule has 23 heavy (non-hydrogen) atoms. The van der Waals surface area contributed by atoms with Gasteiger partial charge in [-0.15, -0.1) is 11.3 Å². The van der Waals surface area contributed by atoms with E-state index in [1.807, 2.05) is 24.3 Å². The second-order valence-electron chi connectivity index (χ2n) is 4.86. The molecule has 0 saturated carbocycles. The Morgan fingerprint density at radius 2 is 2.13 bits per heavy atom. The van der Waals surface area contributed by atoms with Crippen LogP contribution in [0.4, 0.5) is 0 Å². The minimum Gasteiger partial charge on any atom is -0.459 e. The number of nitrogens with zero attached hydrogens (tertiary/aromatic N) is 1. The van der Waals surface area contributed by atoms with Crippen molar-refractivity contribution in [1.82, 2.24) is 10.3 Å². The molecule has 0 radical (unpaired) electrons. The molecule has 0 spiro atoms. The maximum Gasteiger partial charge on any atom is 0.328 e. The highest BCUT2D eigenvalue weighted by atomic mass is 32.1. The van der Waals surface area contributed by atoms with Gasteiger partial charge in [0.1, 0.15) is 17.7 Å². The van der Waals surface area contributed by atoms with Crippen molar-refractivity contribution < 1.29 is 18.7 Å².